The minimum absolute atomic E-state index is 0.0345. The van der Waals surface area contributed by atoms with Crippen molar-refractivity contribution >= 4 is 15.7 Å². The van der Waals surface area contributed by atoms with Gasteiger partial charge in [0.25, 0.3) is 0 Å². The average Bonchev–Trinajstić information content (AvgIpc) is 2.74. The Morgan fingerprint density at radius 1 is 1.43 bits per heavy atom. The lowest BCUT2D eigenvalue weighted by atomic mass is 10.1. The summed E-state index contributed by atoms with van der Waals surface area (Å²) in [4.78, 5) is 11.7. The standard InChI is InChI=1S/C15H21NO4S/c1-12-3-2-4-14(9-12)20-7-6-16-15(17)10-13-5-8-21(18,19)11-13/h2-4,9,13H,5-8,10-11H2,1H3,(H,16,17). The highest BCUT2D eigenvalue weighted by Crippen LogP contribution is 2.21. The number of hydrogen-bond donors (Lipinski definition) is 1. The zero-order chi connectivity index (χ0) is 15.3. The van der Waals surface area contributed by atoms with Crippen molar-refractivity contribution in [1.29, 1.82) is 0 Å². The van der Waals surface area contributed by atoms with Crippen molar-refractivity contribution in [3.05, 3.63) is 29.8 Å². The van der Waals surface area contributed by atoms with E-state index in [-0.39, 0.29) is 29.8 Å². The van der Waals surface area contributed by atoms with Crippen molar-refractivity contribution in [2.75, 3.05) is 24.7 Å². The number of hydrogen-bond acceptors (Lipinski definition) is 4. The molecule has 0 aromatic heterocycles. The van der Waals surface area contributed by atoms with Crippen LogP contribution in [-0.4, -0.2) is 39.0 Å². The molecule has 1 unspecified atom stereocenters. The monoisotopic (exact) mass is 311 g/mol. The van der Waals surface area contributed by atoms with Crippen LogP contribution in [0.5, 0.6) is 5.75 Å². The van der Waals surface area contributed by atoms with E-state index in [0.29, 0.717) is 19.6 Å². The fraction of sp³-hybridized carbons (Fsp3) is 0.533. The van der Waals surface area contributed by atoms with Gasteiger partial charge in [-0.2, -0.15) is 0 Å². The lowest BCUT2D eigenvalue weighted by Gasteiger charge is -2.10. The Hall–Kier alpha value is -1.56. The average molecular weight is 311 g/mol. The van der Waals surface area contributed by atoms with E-state index in [0.717, 1.165) is 11.3 Å². The van der Waals surface area contributed by atoms with E-state index in [1.54, 1.807) is 0 Å². The molecule has 1 atom stereocenters. The summed E-state index contributed by atoms with van der Waals surface area (Å²) in [7, 11) is -2.91. The molecule has 1 N–H and O–H groups in total. The molecule has 0 aliphatic carbocycles. The van der Waals surface area contributed by atoms with Crippen molar-refractivity contribution in [1.82, 2.24) is 5.32 Å². The van der Waals surface area contributed by atoms with Gasteiger partial charge in [-0.1, -0.05) is 12.1 Å². The summed E-state index contributed by atoms with van der Waals surface area (Å²) >= 11 is 0. The van der Waals surface area contributed by atoms with Gasteiger partial charge in [-0.3, -0.25) is 4.79 Å². The molecule has 1 fully saturated rings. The Balaban J connectivity index is 1.64. The quantitative estimate of drug-likeness (QED) is 0.804. The van der Waals surface area contributed by atoms with Crippen LogP contribution in [0.15, 0.2) is 24.3 Å². The zero-order valence-corrected chi connectivity index (χ0v) is 13.0. The van der Waals surface area contributed by atoms with Crippen LogP contribution in [0.2, 0.25) is 0 Å². The number of sulfone groups is 1. The molecule has 1 amide bonds. The Labute approximate surface area is 125 Å². The van der Waals surface area contributed by atoms with Gasteiger partial charge in [-0.05, 0) is 37.0 Å². The fourth-order valence-corrected chi connectivity index (χ4v) is 4.29. The minimum Gasteiger partial charge on any atom is -0.492 e. The van der Waals surface area contributed by atoms with Gasteiger partial charge >= 0.3 is 0 Å². The molecular weight excluding hydrogens is 290 g/mol. The van der Waals surface area contributed by atoms with Gasteiger partial charge in [-0.25, -0.2) is 8.42 Å². The van der Waals surface area contributed by atoms with E-state index in [4.69, 9.17) is 4.74 Å². The summed E-state index contributed by atoms with van der Waals surface area (Å²) in [6.45, 7) is 2.81. The van der Waals surface area contributed by atoms with Gasteiger partial charge in [0.1, 0.15) is 12.4 Å². The molecule has 1 aromatic carbocycles. The number of benzene rings is 1. The number of carbonyl (C=O) groups is 1. The summed E-state index contributed by atoms with van der Waals surface area (Å²) in [6.07, 6.45) is 0.874. The van der Waals surface area contributed by atoms with Crippen molar-refractivity contribution in [3.8, 4) is 5.75 Å². The Kier molecular flexibility index (Phi) is 5.22. The van der Waals surface area contributed by atoms with Crippen LogP contribution in [0.3, 0.4) is 0 Å². The van der Waals surface area contributed by atoms with Crippen LogP contribution < -0.4 is 10.1 Å². The molecule has 0 saturated carbocycles. The molecule has 0 radical (unpaired) electrons. The highest BCUT2D eigenvalue weighted by Gasteiger charge is 2.29. The van der Waals surface area contributed by atoms with E-state index in [1.807, 2.05) is 31.2 Å². The van der Waals surface area contributed by atoms with E-state index in [9.17, 15) is 13.2 Å². The van der Waals surface area contributed by atoms with Crippen LogP contribution in [0, 0.1) is 12.8 Å². The Bertz CT molecular complexity index is 597. The van der Waals surface area contributed by atoms with Crippen molar-refractivity contribution in [2.45, 2.75) is 19.8 Å². The highest BCUT2D eigenvalue weighted by atomic mass is 32.2. The Morgan fingerprint density at radius 3 is 2.90 bits per heavy atom. The number of ether oxygens (including phenoxy) is 1. The predicted molar refractivity (Wildman–Crippen MR) is 81.1 cm³/mol. The number of carbonyl (C=O) groups excluding carboxylic acids is 1. The molecule has 1 aliphatic rings. The summed E-state index contributed by atoms with van der Waals surface area (Å²) in [5, 5.41) is 2.76. The second-order valence-corrected chi connectivity index (χ2v) is 7.72. The van der Waals surface area contributed by atoms with Crippen LogP contribution >= 0.6 is 0 Å². The van der Waals surface area contributed by atoms with E-state index in [2.05, 4.69) is 5.32 Å². The molecule has 1 heterocycles. The first-order chi connectivity index (χ1) is 9.94. The van der Waals surface area contributed by atoms with E-state index in [1.165, 1.54) is 0 Å². The van der Waals surface area contributed by atoms with Gasteiger partial charge in [-0.15, -0.1) is 0 Å². The second kappa shape index (κ2) is 6.93. The summed E-state index contributed by atoms with van der Waals surface area (Å²) < 4.78 is 28.2. The van der Waals surface area contributed by atoms with E-state index < -0.39 is 9.84 Å². The summed E-state index contributed by atoms with van der Waals surface area (Å²) in [5.41, 5.74) is 1.12. The molecule has 0 spiro atoms. The molecule has 0 bridgehead atoms. The lowest BCUT2D eigenvalue weighted by Crippen LogP contribution is -2.29. The van der Waals surface area contributed by atoms with Crippen LogP contribution in [0.4, 0.5) is 0 Å². The predicted octanol–water partition coefficient (Wildman–Crippen LogP) is 1.31. The first kappa shape index (κ1) is 15.8. The Morgan fingerprint density at radius 2 is 2.24 bits per heavy atom. The minimum atomic E-state index is -2.91. The fourth-order valence-electron chi connectivity index (χ4n) is 2.43. The molecule has 1 aromatic rings. The number of amides is 1. The topological polar surface area (TPSA) is 72.5 Å². The van der Waals surface area contributed by atoms with Gasteiger partial charge in [0.15, 0.2) is 9.84 Å². The van der Waals surface area contributed by atoms with Gasteiger partial charge in [0.2, 0.25) is 5.91 Å². The maximum absolute atomic E-state index is 11.7. The second-order valence-electron chi connectivity index (χ2n) is 5.49. The largest absolute Gasteiger partial charge is 0.492 e. The first-order valence-electron chi connectivity index (χ1n) is 7.11. The summed E-state index contributed by atoms with van der Waals surface area (Å²) in [5.74, 6) is 0.991. The molecule has 6 heteroatoms. The van der Waals surface area contributed by atoms with Crippen LogP contribution in [0.25, 0.3) is 0 Å². The van der Waals surface area contributed by atoms with Gasteiger partial charge < -0.3 is 10.1 Å². The number of nitrogens with one attached hydrogen (secondary N) is 1. The summed E-state index contributed by atoms with van der Waals surface area (Å²) in [6, 6.07) is 7.72. The zero-order valence-electron chi connectivity index (χ0n) is 12.2. The molecule has 1 aliphatic heterocycles. The third kappa shape index (κ3) is 5.38. The first-order valence-corrected chi connectivity index (χ1v) is 8.93. The number of rotatable bonds is 6. The van der Waals surface area contributed by atoms with Gasteiger partial charge in [0.05, 0.1) is 18.1 Å². The van der Waals surface area contributed by atoms with Crippen LogP contribution in [0.1, 0.15) is 18.4 Å². The highest BCUT2D eigenvalue weighted by molar-refractivity contribution is 7.91. The molecule has 1 saturated heterocycles. The molecule has 116 valence electrons. The van der Waals surface area contributed by atoms with E-state index >= 15 is 0 Å². The molecule has 21 heavy (non-hydrogen) atoms. The third-order valence-corrected chi connectivity index (χ3v) is 5.32. The SMILES string of the molecule is Cc1cccc(OCCNC(=O)CC2CCS(=O)(=O)C2)c1. The molecular formula is C15H21NO4S. The smallest absolute Gasteiger partial charge is 0.220 e. The normalized spacial score (nSPS) is 20.1. The van der Waals surface area contributed by atoms with Crippen molar-refractivity contribution < 1.29 is 17.9 Å². The van der Waals surface area contributed by atoms with Crippen molar-refractivity contribution in [3.63, 3.8) is 0 Å². The third-order valence-electron chi connectivity index (χ3n) is 3.48. The van der Waals surface area contributed by atoms with Gasteiger partial charge in [0, 0.05) is 6.42 Å². The maximum Gasteiger partial charge on any atom is 0.220 e. The molecule has 5 nitrogen and oxygen atoms in total. The van der Waals surface area contributed by atoms with Crippen LogP contribution in [-0.2, 0) is 14.6 Å². The maximum atomic E-state index is 11.7. The van der Waals surface area contributed by atoms with Crippen molar-refractivity contribution in [2.24, 2.45) is 5.92 Å². The number of aryl methyl sites for hydroxylation is 1. The lowest BCUT2D eigenvalue weighted by molar-refractivity contribution is -0.121. The molecule has 2 rings (SSSR count).